The Hall–Kier alpha value is -2.47. The molecule has 1 rings (SSSR count). The second kappa shape index (κ2) is 9.44. The largest absolute Gasteiger partial charge is 0.509 e. The lowest BCUT2D eigenvalue weighted by Crippen LogP contribution is -2.27. The molecule has 21 heavy (non-hydrogen) atoms. The van der Waals surface area contributed by atoms with Gasteiger partial charge in [0.05, 0.1) is 7.11 Å². The van der Waals surface area contributed by atoms with Gasteiger partial charge in [0.25, 0.3) is 0 Å². The monoisotopic (exact) mass is 284 g/mol. The number of ether oxygens (including phenoxy) is 2. The van der Waals surface area contributed by atoms with Crippen LogP contribution in [0.25, 0.3) is 0 Å². The third-order valence-corrected chi connectivity index (χ3v) is 2.96. The average Bonchev–Trinajstić information content (AvgIpc) is 2.51. The summed E-state index contributed by atoms with van der Waals surface area (Å²) in [6.07, 6.45) is 3.40. The van der Waals surface area contributed by atoms with E-state index in [1.54, 1.807) is 6.08 Å². The van der Waals surface area contributed by atoms with E-state index in [4.69, 9.17) is 4.74 Å². The first-order valence-electron chi connectivity index (χ1n) is 6.72. The van der Waals surface area contributed by atoms with Gasteiger partial charge in [-0.1, -0.05) is 54.8 Å². The average molecular weight is 284 g/mol. The van der Waals surface area contributed by atoms with Crippen LogP contribution in [-0.2, 0) is 15.9 Å². The molecule has 0 aliphatic rings. The van der Waals surface area contributed by atoms with Gasteiger partial charge in [-0.15, -0.1) is 6.58 Å². The first-order valence-corrected chi connectivity index (χ1v) is 6.72. The Labute approximate surface area is 126 Å². The second-order valence-electron chi connectivity index (χ2n) is 4.46. The Kier molecular flexibility index (Phi) is 7.45. The van der Waals surface area contributed by atoms with Crippen molar-refractivity contribution < 1.29 is 14.3 Å². The van der Waals surface area contributed by atoms with Crippen LogP contribution in [0.1, 0.15) is 12.0 Å². The van der Waals surface area contributed by atoms with Crippen LogP contribution in [0.3, 0.4) is 0 Å². The minimum absolute atomic E-state index is 0.0106. The fourth-order valence-corrected chi connectivity index (χ4v) is 1.98. The van der Waals surface area contributed by atoms with Crippen molar-refractivity contribution in [3.63, 3.8) is 0 Å². The number of methoxy groups -OCH3 is 1. The maximum absolute atomic E-state index is 11.4. The first kappa shape index (κ1) is 16.6. The molecule has 0 saturated heterocycles. The number of allylic oxidation sites excluding steroid dienone is 2. The molecule has 2 unspecified atom stereocenters. The van der Waals surface area contributed by atoms with Crippen molar-refractivity contribution in [2.45, 2.75) is 18.9 Å². The molecule has 0 aliphatic carbocycles. The van der Waals surface area contributed by atoms with Crippen molar-refractivity contribution in [2.24, 2.45) is 5.92 Å². The predicted octanol–water partition coefficient (Wildman–Crippen LogP) is 3.76. The third kappa shape index (κ3) is 6.01. The summed E-state index contributed by atoms with van der Waals surface area (Å²) in [5.74, 6) is 5.66. The highest BCUT2D eigenvalue weighted by Gasteiger charge is 2.23. The molecule has 0 radical (unpaired) electrons. The molecular weight excluding hydrogens is 264 g/mol. The van der Waals surface area contributed by atoms with Crippen LogP contribution < -0.4 is 0 Å². The topological polar surface area (TPSA) is 35.5 Å². The van der Waals surface area contributed by atoms with Crippen molar-refractivity contribution in [1.29, 1.82) is 0 Å². The van der Waals surface area contributed by atoms with E-state index >= 15 is 0 Å². The van der Waals surface area contributed by atoms with Crippen LogP contribution >= 0.6 is 0 Å². The lowest BCUT2D eigenvalue weighted by Gasteiger charge is -2.21. The Morgan fingerprint density at radius 1 is 1.33 bits per heavy atom. The third-order valence-electron chi connectivity index (χ3n) is 2.96. The number of rotatable bonds is 6. The fraction of sp³-hybridized carbons (Fsp3) is 0.278. The Balaban J connectivity index is 2.92. The zero-order chi connectivity index (χ0) is 15.5. The van der Waals surface area contributed by atoms with Gasteiger partial charge in [-0.25, -0.2) is 4.79 Å². The minimum atomic E-state index is -0.736. The zero-order valence-electron chi connectivity index (χ0n) is 12.2. The summed E-state index contributed by atoms with van der Waals surface area (Å²) in [5, 5.41) is 0. The first-order chi connectivity index (χ1) is 10.2. The highest BCUT2D eigenvalue weighted by atomic mass is 16.7. The van der Waals surface area contributed by atoms with Gasteiger partial charge < -0.3 is 9.47 Å². The van der Waals surface area contributed by atoms with Gasteiger partial charge in [-0.05, 0) is 24.5 Å². The van der Waals surface area contributed by atoms with Crippen molar-refractivity contribution in [3.8, 4) is 11.8 Å². The summed E-state index contributed by atoms with van der Waals surface area (Å²) in [6.45, 7) is 7.32. The standard InChI is InChI=1S/C18H20O3/c1-4-6-13-17(21-18(19)20-3)16(10-5-2)14-15-11-8-7-9-12-15/h4-5,7-9,11-12,16-17H,1-2,10,14H2,3H3. The van der Waals surface area contributed by atoms with E-state index in [1.807, 2.05) is 30.3 Å². The molecule has 0 saturated carbocycles. The smallest absolute Gasteiger partial charge is 0.438 e. The molecule has 0 bridgehead atoms. The van der Waals surface area contributed by atoms with E-state index in [0.29, 0.717) is 6.42 Å². The van der Waals surface area contributed by atoms with Crippen LogP contribution in [0.15, 0.2) is 55.6 Å². The predicted molar refractivity (Wildman–Crippen MR) is 83.7 cm³/mol. The Bertz CT molecular complexity index is 522. The maximum Gasteiger partial charge on any atom is 0.509 e. The molecule has 3 nitrogen and oxygen atoms in total. The summed E-state index contributed by atoms with van der Waals surface area (Å²) < 4.78 is 9.82. The van der Waals surface area contributed by atoms with Crippen molar-refractivity contribution in [3.05, 3.63) is 61.2 Å². The molecule has 0 spiro atoms. The molecular formula is C18H20O3. The van der Waals surface area contributed by atoms with E-state index < -0.39 is 12.3 Å². The van der Waals surface area contributed by atoms with Crippen LogP contribution in [0.5, 0.6) is 0 Å². The van der Waals surface area contributed by atoms with Crippen LogP contribution in [-0.4, -0.2) is 19.4 Å². The minimum Gasteiger partial charge on any atom is -0.438 e. The number of benzene rings is 1. The normalized spacial score (nSPS) is 12.2. The highest BCUT2D eigenvalue weighted by molar-refractivity contribution is 5.60. The quantitative estimate of drug-likeness (QED) is 0.453. The zero-order valence-corrected chi connectivity index (χ0v) is 12.2. The van der Waals surface area contributed by atoms with E-state index in [9.17, 15) is 4.79 Å². The molecule has 0 aliphatic heterocycles. The van der Waals surface area contributed by atoms with Crippen molar-refractivity contribution in [1.82, 2.24) is 0 Å². The number of hydrogen-bond donors (Lipinski definition) is 0. The summed E-state index contributed by atoms with van der Waals surface area (Å²) >= 11 is 0. The lowest BCUT2D eigenvalue weighted by molar-refractivity contribution is 0.0364. The number of carbonyl (C=O) groups is 1. The van der Waals surface area contributed by atoms with Gasteiger partial charge in [-0.2, -0.15) is 0 Å². The SMILES string of the molecule is C=CC#CC(OC(=O)OC)C(CC=C)Cc1ccccc1. The molecule has 2 atom stereocenters. The summed E-state index contributed by atoms with van der Waals surface area (Å²) in [5.41, 5.74) is 1.16. The van der Waals surface area contributed by atoms with Gasteiger partial charge in [0.15, 0.2) is 6.10 Å². The molecule has 1 aromatic rings. The van der Waals surface area contributed by atoms with Crippen LogP contribution in [0.2, 0.25) is 0 Å². The van der Waals surface area contributed by atoms with Gasteiger partial charge in [0.2, 0.25) is 0 Å². The van der Waals surface area contributed by atoms with Gasteiger partial charge in [-0.3, -0.25) is 0 Å². The van der Waals surface area contributed by atoms with Crippen LogP contribution in [0, 0.1) is 17.8 Å². The summed E-state index contributed by atoms with van der Waals surface area (Å²) in [4.78, 5) is 11.4. The van der Waals surface area contributed by atoms with E-state index in [-0.39, 0.29) is 5.92 Å². The molecule has 0 aromatic heterocycles. The van der Waals surface area contributed by atoms with Gasteiger partial charge in [0, 0.05) is 5.92 Å². The molecule has 0 fully saturated rings. The molecule has 110 valence electrons. The number of carbonyl (C=O) groups excluding carboxylic acids is 1. The van der Waals surface area contributed by atoms with Gasteiger partial charge in [0.1, 0.15) is 0 Å². The summed E-state index contributed by atoms with van der Waals surface area (Å²) in [6, 6.07) is 9.99. The molecule has 0 N–H and O–H groups in total. The maximum atomic E-state index is 11.4. The van der Waals surface area contributed by atoms with Crippen molar-refractivity contribution >= 4 is 6.16 Å². The number of hydrogen-bond acceptors (Lipinski definition) is 3. The van der Waals surface area contributed by atoms with E-state index in [1.165, 1.54) is 13.2 Å². The molecule has 1 aromatic carbocycles. The Morgan fingerprint density at radius 2 is 2.05 bits per heavy atom. The lowest BCUT2D eigenvalue weighted by atomic mass is 9.91. The molecule has 3 heteroatoms. The van der Waals surface area contributed by atoms with E-state index in [0.717, 1.165) is 12.0 Å². The Morgan fingerprint density at radius 3 is 2.62 bits per heavy atom. The van der Waals surface area contributed by atoms with Crippen molar-refractivity contribution in [2.75, 3.05) is 7.11 Å². The molecule has 0 amide bonds. The fourth-order valence-electron chi connectivity index (χ4n) is 1.98. The van der Waals surface area contributed by atoms with Crippen LogP contribution in [0.4, 0.5) is 4.79 Å². The second-order valence-corrected chi connectivity index (χ2v) is 4.46. The van der Waals surface area contributed by atoms with Gasteiger partial charge >= 0.3 is 6.16 Å². The summed E-state index contributed by atoms with van der Waals surface area (Å²) in [7, 11) is 1.28. The van der Waals surface area contributed by atoms with E-state index in [2.05, 4.69) is 29.7 Å². The highest BCUT2D eigenvalue weighted by Crippen LogP contribution is 2.19. The molecule has 0 heterocycles.